The molecule has 2 saturated carbocycles. The van der Waals surface area contributed by atoms with Crippen LogP contribution in [0.2, 0.25) is 0 Å². The normalized spacial score (nSPS) is 38.1. The molecule has 0 nitrogen and oxygen atoms in total. The Morgan fingerprint density at radius 3 is 2.07 bits per heavy atom. The summed E-state index contributed by atoms with van der Waals surface area (Å²) in [6.45, 7) is 4.55. The highest BCUT2D eigenvalue weighted by Crippen LogP contribution is 2.45. The Morgan fingerprint density at radius 2 is 1.57 bits per heavy atom. The highest BCUT2D eigenvalue weighted by molar-refractivity contribution is 4.97. The van der Waals surface area contributed by atoms with Gasteiger partial charge in [-0.05, 0) is 36.5 Å². The lowest BCUT2D eigenvalue weighted by atomic mass is 9.82. The maximum Gasteiger partial charge on any atom is -0.0228 e. The Bertz CT molecular complexity index is 188. The quantitative estimate of drug-likeness (QED) is 0.568. The molecule has 2 aliphatic carbocycles. The average molecular weight is 192 g/mol. The first-order valence-electron chi connectivity index (χ1n) is 6.44. The molecule has 0 amide bonds. The molecule has 0 radical (unpaired) electrons. The van der Waals surface area contributed by atoms with Gasteiger partial charge in [0.2, 0.25) is 0 Å². The Labute approximate surface area is 88.8 Å². The van der Waals surface area contributed by atoms with Gasteiger partial charge in [0.05, 0.1) is 0 Å². The molecule has 0 bridgehead atoms. The van der Waals surface area contributed by atoms with Crippen molar-refractivity contribution >= 4 is 0 Å². The van der Waals surface area contributed by atoms with Gasteiger partial charge in [-0.3, -0.25) is 0 Å². The van der Waals surface area contributed by atoms with Gasteiger partial charge in [-0.15, -0.1) is 0 Å². The molecule has 1 unspecified atom stereocenters. The van der Waals surface area contributed by atoms with Crippen LogP contribution in [0.15, 0.2) is 12.2 Å². The highest BCUT2D eigenvalue weighted by Gasteiger charge is 2.34. The van der Waals surface area contributed by atoms with Crippen LogP contribution < -0.4 is 0 Å². The standard InChI is InChI=1S/C14H24/c1-11(2)7-8-12-9-13-5-3-4-6-14(13)10-12/h7-8,11-14H,3-6,9-10H2,1-2H3/b8-7+/t12?,13-,14+. The largest absolute Gasteiger partial charge is 0.0857 e. The smallest absolute Gasteiger partial charge is 0.0228 e. The van der Waals surface area contributed by atoms with E-state index >= 15 is 0 Å². The maximum absolute atomic E-state index is 2.50. The Balaban J connectivity index is 1.86. The molecule has 0 aromatic carbocycles. The van der Waals surface area contributed by atoms with Gasteiger partial charge in [-0.2, -0.15) is 0 Å². The Kier molecular flexibility index (Phi) is 3.30. The van der Waals surface area contributed by atoms with Gasteiger partial charge >= 0.3 is 0 Å². The molecule has 0 heterocycles. The summed E-state index contributed by atoms with van der Waals surface area (Å²) in [4.78, 5) is 0. The summed E-state index contributed by atoms with van der Waals surface area (Å²) in [5.74, 6) is 3.83. The summed E-state index contributed by atoms with van der Waals surface area (Å²) < 4.78 is 0. The highest BCUT2D eigenvalue weighted by atomic mass is 14.4. The SMILES string of the molecule is CC(C)/C=C/C1C[C@H]2CCCC[C@H]2C1. The van der Waals surface area contributed by atoms with Crippen molar-refractivity contribution < 1.29 is 0 Å². The fraction of sp³-hybridized carbons (Fsp3) is 0.857. The van der Waals surface area contributed by atoms with Crippen molar-refractivity contribution in [3.8, 4) is 0 Å². The van der Waals surface area contributed by atoms with Crippen LogP contribution in [0.1, 0.15) is 52.4 Å². The van der Waals surface area contributed by atoms with Gasteiger partial charge in [-0.25, -0.2) is 0 Å². The first-order valence-corrected chi connectivity index (χ1v) is 6.44. The van der Waals surface area contributed by atoms with Crippen LogP contribution in [0.3, 0.4) is 0 Å². The van der Waals surface area contributed by atoms with E-state index in [1.165, 1.54) is 38.5 Å². The molecule has 0 aromatic rings. The minimum Gasteiger partial charge on any atom is -0.0857 e. The minimum atomic E-state index is 0.734. The zero-order valence-electron chi connectivity index (χ0n) is 9.71. The zero-order chi connectivity index (χ0) is 9.97. The lowest BCUT2D eigenvalue weighted by Gasteiger charge is -2.24. The van der Waals surface area contributed by atoms with Gasteiger partial charge in [0, 0.05) is 0 Å². The second-order valence-electron chi connectivity index (χ2n) is 5.67. The van der Waals surface area contributed by atoms with E-state index in [0.29, 0.717) is 0 Å². The van der Waals surface area contributed by atoms with Crippen LogP contribution in [-0.2, 0) is 0 Å². The summed E-state index contributed by atoms with van der Waals surface area (Å²) in [5.41, 5.74) is 0. The van der Waals surface area contributed by atoms with E-state index in [0.717, 1.165) is 23.7 Å². The number of allylic oxidation sites excluding steroid dienone is 2. The van der Waals surface area contributed by atoms with Crippen molar-refractivity contribution in [1.29, 1.82) is 0 Å². The second kappa shape index (κ2) is 4.51. The van der Waals surface area contributed by atoms with E-state index in [2.05, 4.69) is 26.0 Å². The summed E-state index contributed by atoms with van der Waals surface area (Å²) in [6, 6.07) is 0. The van der Waals surface area contributed by atoms with Gasteiger partial charge in [0.25, 0.3) is 0 Å². The molecule has 80 valence electrons. The molecule has 2 rings (SSSR count). The third kappa shape index (κ3) is 2.40. The molecule has 2 fully saturated rings. The van der Waals surface area contributed by atoms with Crippen molar-refractivity contribution in [2.45, 2.75) is 52.4 Å². The lowest BCUT2D eigenvalue weighted by molar-refractivity contribution is 0.277. The van der Waals surface area contributed by atoms with E-state index in [1.54, 1.807) is 0 Å². The van der Waals surface area contributed by atoms with E-state index in [-0.39, 0.29) is 0 Å². The maximum atomic E-state index is 2.50. The van der Waals surface area contributed by atoms with Crippen molar-refractivity contribution in [2.24, 2.45) is 23.7 Å². The molecule has 2 aliphatic rings. The molecule has 0 aromatic heterocycles. The summed E-state index contributed by atoms with van der Waals surface area (Å²) in [5, 5.41) is 0. The molecule has 0 spiro atoms. The summed E-state index contributed by atoms with van der Waals surface area (Å²) in [7, 11) is 0. The lowest BCUT2D eigenvalue weighted by Crippen LogP contribution is -2.12. The number of rotatable bonds is 2. The van der Waals surface area contributed by atoms with Crippen molar-refractivity contribution in [2.75, 3.05) is 0 Å². The van der Waals surface area contributed by atoms with Gasteiger partial charge in [-0.1, -0.05) is 51.7 Å². The van der Waals surface area contributed by atoms with Crippen LogP contribution in [0.25, 0.3) is 0 Å². The van der Waals surface area contributed by atoms with Crippen molar-refractivity contribution in [1.82, 2.24) is 0 Å². The molecule has 3 atom stereocenters. The van der Waals surface area contributed by atoms with E-state index in [4.69, 9.17) is 0 Å². The van der Waals surface area contributed by atoms with Crippen LogP contribution in [0, 0.1) is 23.7 Å². The van der Waals surface area contributed by atoms with Crippen molar-refractivity contribution in [3.05, 3.63) is 12.2 Å². The molecule has 0 N–H and O–H groups in total. The van der Waals surface area contributed by atoms with E-state index < -0.39 is 0 Å². The molecule has 14 heavy (non-hydrogen) atoms. The summed E-state index contributed by atoms with van der Waals surface area (Å²) in [6.07, 6.45) is 13.9. The molecule has 0 saturated heterocycles. The molecular formula is C14H24. The fourth-order valence-electron chi connectivity index (χ4n) is 3.32. The Hall–Kier alpha value is -0.260. The zero-order valence-corrected chi connectivity index (χ0v) is 9.71. The van der Waals surface area contributed by atoms with Gasteiger partial charge in [0.1, 0.15) is 0 Å². The predicted molar refractivity (Wildman–Crippen MR) is 62.2 cm³/mol. The Morgan fingerprint density at radius 1 is 1.00 bits per heavy atom. The minimum absolute atomic E-state index is 0.734. The average Bonchev–Trinajstić information content (AvgIpc) is 2.57. The monoisotopic (exact) mass is 192 g/mol. The van der Waals surface area contributed by atoms with Crippen molar-refractivity contribution in [3.63, 3.8) is 0 Å². The third-order valence-electron chi connectivity index (χ3n) is 4.05. The molecular weight excluding hydrogens is 168 g/mol. The number of hydrogen-bond acceptors (Lipinski definition) is 0. The first-order chi connectivity index (χ1) is 6.75. The van der Waals surface area contributed by atoms with Crippen LogP contribution in [0.4, 0.5) is 0 Å². The number of hydrogen-bond donors (Lipinski definition) is 0. The third-order valence-corrected chi connectivity index (χ3v) is 4.05. The van der Waals surface area contributed by atoms with E-state index in [1.807, 2.05) is 0 Å². The van der Waals surface area contributed by atoms with Crippen LogP contribution in [-0.4, -0.2) is 0 Å². The second-order valence-corrected chi connectivity index (χ2v) is 5.67. The topological polar surface area (TPSA) is 0 Å². The summed E-state index contributed by atoms with van der Waals surface area (Å²) >= 11 is 0. The van der Waals surface area contributed by atoms with Crippen LogP contribution in [0.5, 0.6) is 0 Å². The van der Waals surface area contributed by atoms with Crippen LogP contribution >= 0.6 is 0 Å². The van der Waals surface area contributed by atoms with E-state index in [9.17, 15) is 0 Å². The molecule has 0 heteroatoms. The first kappa shape index (κ1) is 10.3. The fourth-order valence-corrected chi connectivity index (χ4v) is 3.32. The predicted octanol–water partition coefficient (Wildman–Crippen LogP) is 4.42. The number of fused-ring (bicyclic) bond motifs is 1. The van der Waals surface area contributed by atoms with Gasteiger partial charge in [0.15, 0.2) is 0 Å². The molecule has 0 aliphatic heterocycles. The van der Waals surface area contributed by atoms with Gasteiger partial charge < -0.3 is 0 Å².